The third kappa shape index (κ3) is 3.78. The summed E-state index contributed by atoms with van der Waals surface area (Å²) in [5.41, 5.74) is 6.04. The average molecular weight is 295 g/mol. The second-order valence-corrected chi connectivity index (χ2v) is 7.79. The van der Waals surface area contributed by atoms with E-state index < -0.39 is 0 Å². The lowest BCUT2D eigenvalue weighted by Crippen LogP contribution is -2.51. The first-order valence-electron chi connectivity index (χ1n) is 8.61. The van der Waals surface area contributed by atoms with Gasteiger partial charge in [-0.3, -0.25) is 9.69 Å². The van der Waals surface area contributed by atoms with Crippen LogP contribution in [-0.4, -0.2) is 42.5 Å². The molecule has 2 rings (SSSR count). The molecule has 1 saturated carbocycles. The SMILES string of the molecule is CC1CCCC(NC(=O)C(C)N2CCC(C)(CN)C2)C1C. The van der Waals surface area contributed by atoms with E-state index in [1.807, 2.05) is 6.92 Å². The van der Waals surface area contributed by atoms with Crippen molar-refractivity contribution in [3.05, 3.63) is 0 Å². The van der Waals surface area contributed by atoms with E-state index in [-0.39, 0.29) is 17.4 Å². The summed E-state index contributed by atoms with van der Waals surface area (Å²) in [5.74, 6) is 1.50. The number of hydrogen-bond donors (Lipinski definition) is 2. The van der Waals surface area contributed by atoms with Crippen molar-refractivity contribution in [1.82, 2.24) is 10.2 Å². The van der Waals surface area contributed by atoms with E-state index in [0.717, 1.165) is 25.9 Å². The van der Waals surface area contributed by atoms with Crippen LogP contribution in [0.4, 0.5) is 0 Å². The molecule has 3 N–H and O–H groups in total. The quantitative estimate of drug-likeness (QED) is 0.834. The number of rotatable bonds is 4. The van der Waals surface area contributed by atoms with Crippen LogP contribution in [0.2, 0.25) is 0 Å². The number of hydrogen-bond acceptors (Lipinski definition) is 3. The minimum absolute atomic E-state index is 0.0391. The molecule has 0 bridgehead atoms. The first-order chi connectivity index (χ1) is 9.86. The van der Waals surface area contributed by atoms with Crippen LogP contribution >= 0.6 is 0 Å². The van der Waals surface area contributed by atoms with E-state index in [0.29, 0.717) is 24.4 Å². The second kappa shape index (κ2) is 6.66. The molecule has 5 atom stereocenters. The van der Waals surface area contributed by atoms with Gasteiger partial charge in [0.25, 0.3) is 0 Å². The topological polar surface area (TPSA) is 58.4 Å². The van der Waals surface area contributed by atoms with Crippen molar-refractivity contribution >= 4 is 5.91 Å². The number of carbonyl (C=O) groups excluding carboxylic acids is 1. The van der Waals surface area contributed by atoms with Crippen molar-refractivity contribution in [2.24, 2.45) is 23.0 Å². The molecule has 1 heterocycles. The highest BCUT2D eigenvalue weighted by molar-refractivity contribution is 5.81. The molecule has 0 aromatic heterocycles. The molecule has 2 aliphatic rings. The van der Waals surface area contributed by atoms with E-state index >= 15 is 0 Å². The number of nitrogens with one attached hydrogen (secondary N) is 1. The van der Waals surface area contributed by atoms with Gasteiger partial charge in [-0.2, -0.15) is 0 Å². The van der Waals surface area contributed by atoms with Gasteiger partial charge in [-0.15, -0.1) is 0 Å². The fourth-order valence-electron chi connectivity index (χ4n) is 3.81. The highest BCUT2D eigenvalue weighted by atomic mass is 16.2. The Bertz CT molecular complexity index is 373. The molecule has 0 aromatic carbocycles. The van der Waals surface area contributed by atoms with Crippen LogP contribution in [0.25, 0.3) is 0 Å². The smallest absolute Gasteiger partial charge is 0.237 e. The zero-order valence-electron chi connectivity index (χ0n) is 14.2. The predicted octanol–water partition coefficient (Wildman–Crippen LogP) is 1.99. The number of nitrogens with two attached hydrogens (primary N) is 1. The average Bonchev–Trinajstić information content (AvgIpc) is 2.86. The summed E-state index contributed by atoms with van der Waals surface area (Å²) in [6.45, 7) is 11.5. The lowest BCUT2D eigenvalue weighted by molar-refractivity contribution is -0.127. The molecule has 21 heavy (non-hydrogen) atoms. The van der Waals surface area contributed by atoms with Gasteiger partial charge in [-0.05, 0) is 50.1 Å². The molecule has 4 nitrogen and oxygen atoms in total. The molecular formula is C17H33N3O. The van der Waals surface area contributed by atoms with Gasteiger partial charge in [0, 0.05) is 12.6 Å². The molecule has 1 amide bonds. The summed E-state index contributed by atoms with van der Waals surface area (Å²) in [4.78, 5) is 14.9. The normalized spacial score (nSPS) is 39.2. The highest BCUT2D eigenvalue weighted by Crippen LogP contribution is 2.31. The predicted molar refractivity (Wildman–Crippen MR) is 86.9 cm³/mol. The van der Waals surface area contributed by atoms with E-state index in [2.05, 4.69) is 31.0 Å². The van der Waals surface area contributed by atoms with Crippen molar-refractivity contribution in [1.29, 1.82) is 0 Å². The van der Waals surface area contributed by atoms with Crippen LogP contribution in [0.1, 0.15) is 53.4 Å². The van der Waals surface area contributed by atoms with Crippen LogP contribution in [0.3, 0.4) is 0 Å². The van der Waals surface area contributed by atoms with E-state index in [4.69, 9.17) is 5.73 Å². The third-order valence-electron chi connectivity index (χ3n) is 6.04. The second-order valence-electron chi connectivity index (χ2n) is 7.79. The van der Waals surface area contributed by atoms with E-state index in [9.17, 15) is 4.79 Å². The lowest BCUT2D eigenvalue weighted by atomic mass is 9.78. The monoisotopic (exact) mass is 295 g/mol. The Balaban J connectivity index is 1.88. The minimum atomic E-state index is -0.0391. The molecule has 4 heteroatoms. The number of carbonyl (C=O) groups is 1. The molecule has 2 fully saturated rings. The maximum absolute atomic E-state index is 12.6. The van der Waals surface area contributed by atoms with Gasteiger partial charge >= 0.3 is 0 Å². The van der Waals surface area contributed by atoms with Gasteiger partial charge in [0.05, 0.1) is 6.04 Å². The molecule has 0 radical (unpaired) electrons. The number of nitrogens with zero attached hydrogens (tertiary/aromatic N) is 1. The van der Waals surface area contributed by atoms with Crippen LogP contribution < -0.4 is 11.1 Å². The van der Waals surface area contributed by atoms with Crippen molar-refractivity contribution in [3.8, 4) is 0 Å². The fraction of sp³-hybridized carbons (Fsp3) is 0.941. The molecule has 1 aliphatic carbocycles. The lowest BCUT2D eigenvalue weighted by Gasteiger charge is -2.36. The summed E-state index contributed by atoms with van der Waals surface area (Å²) in [6, 6.07) is 0.315. The van der Waals surface area contributed by atoms with Gasteiger partial charge < -0.3 is 11.1 Å². The Kier molecular flexibility index (Phi) is 5.31. The summed E-state index contributed by atoms with van der Waals surface area (Å²) < 4.78 is 0. The maximum Gasteiger partial charge on any atom is 0.237 e. The van der Waals surface area contributed by atoms with Crippen molar-refractivity contribution in [2.75, 3.05) is 19.6 Å². The molecule has 5 unspecified atom stereocenters. The zero-order chi connectivity index (χ0) is 15.6. The van der Waals surface area contributed by atoms with Crippen LogP contribution in [0, 0.1) is 17.3 Å². The fourth-order valence-corrected chi connectivity index (χ4v) is 3.81. The zero-order valence-corrected chi connectivity index (χ0v) is 14.2. The standard InChI is InChI=1S/C17H33N3O/c1-12-6-5-7-15(13(12)2)19-16(21)14(3)20-9-8-17(4,10-18)11-20/h12-15H,5-11,18H2,1-4H3,(H,19,21). The van der Waals surface area contributed by atoms with Crippen molar-refractivity contribution in [3.63, 3.8) is 0 Å². The van der Waals surface area contributed by atoms with Gasteiger partial charge in [0.15, 0.2) is 0 Å². The van der Waals surface area contributed by atoms with Crippen LogP contribution in [0.15, 0.2) is 0 Å². The van der Waals surface area contributed by atoms with Crippen molar-refractivity contribution in [2.45, 2.75) is 65.5 Å². The summed E-state index contributed by atoms with van der Waals surface area (Å²) >= 11 is 0. The van der Waals surface area contributed by atoms with Crippen molar-refractivity contribution < 1.29 is 4.79 Å². The first kappa shape index (κ1) is 16.8. The third-order valence-corrected chi connectivity index (χ3v) is 6.04. The van der Waals surface area contributed by atoms with Gasteiger partial charge in [-0.1, -0.05) is 33.6 Å². The van der Waals surface area contributed by atoms with Crippen LogP contribution in [0.5, 0.6) is 0 Å². The largest absolute Gasteiger partial charge is 0.352 e. The summed E-state index contributed by atoms with van der Waals surface area (Å²) in [6.07, 6.45) is 4.76. The Morgan fingerprint density at radius 2 is 2.14 bits per heavy atom. The molecular weight excluding hydrogens is 262 g/mol. The molecule has 1 aliphatic heterocycles. The number of likely N-dealkylation sites (tertiary alicyclic amines) is 1. The summed E-state index contributed by atoms with van der Waals surface area (Å²) in [5, 5.41) is 3.31. The van der Waals surface area contributed by atoms with E-state index in [1.165, 1.54) is 12.8 Å². The number of amides is 1. The maximum atomic E-state index is 12.6. The van der Waals surface area contributed by atoms with Crippen LogP contribution in [-0.2, 0) is 4.79 Å². The summed E-state index contributed by atoms with van der Waals surface area (Å²) in [7, 11) is 0. The van der Waals surface area contributed by atoms with Gasteiger partial charge in [-0.25, -0.2) is 0 Å². The Labute approximate surface area is 129 Å². The molecule has 1 saturated heterocycles. The first-order valence-corrected chi connectivity index (χ1v) is 8.61. The molecule has 0 spiro atoms. The van der Waals surface area contributed by atoms with Gasteiger partial charge in [0.2, 0.25) is 5.91 Å². The minimum Gasteiger partial charge on any atom is -0.352 e. The Morgan fingerprint density at radius 3 is 2.76 bits per heavy atom. The van der Waals surface area contributed by atoms with Gasteiger partial charge in [0.1, 0.15) is 0 Å². The molecule has 0 aromatic rings. The van der Waals surface area contributed by atoms with E-state index in [1.54, 1.807) is 0 Å². The Morgan fingerprint density at radius 1 is 1.43 bits per heavy atom. The Hall–Kier alpha value is -0.610. The molecule has 122 valence electrons. The highest BCUT2D eigenvalue weighted by Gasteiger charge is 2.37.